The number of primary amides is 1. The highest BCUT2D eigenvalue weighted by Gasteiger charge is 2.31. The molecule has 1 heterocycles. The lowest BCUT2D eigenvalue weighted by Crippen LogP contribution is -2.58. The number of fused-ring (bicyclic) bond motifs is 1. The van der Waals surface area contributed by atoms with Gasteiger partial charge in [-0.1, -0.05) is 30.3 Å². The number of phenolic OH excluding ortho intramolecular Hbond substituents is 1. The van der Waals surface area contributed by atoms with Crippen LogP contribution in [0.25, 0.3) is 10.9 Å². The minimum atomic E-state index is -1.22. The van der Waals surface area contributed by atoms with Gasteiger partial charge >= 0.3 is 0 Å². The summed E-state index contributed by atoms with van der Waals surface area (Å²) in [6.07, 6.45) is 7.51. The maximum atomic E-state index is 14.0. The van der Waals surface area contributed by atoms with Crippen LogP contribution in [-0.4, -0.2) is 113 Å². The predicted octanol–water partition coefficient (Wildman–Crippen LogP) is 0.162. The number of para-hydroxylation sites is 1. The van der Waals surface area contributed by atoms with Gasteiger partial charge in [0.15, 0.2) is 0 Å². The van der Waals surface area contributed by atoms with Crippen molar-refractivity contribution in [2.24, 2.45) is 17.2 Å². The Balaban J connectivity index is 1.77. The molecule has 6 amide bonds. The molecule has 3 rings (SSSR count). The number of hydrogen-bond donors (Lipinski definition) is 10. The molecule has 1 aromatic heterocycles. The Labute approximate surface area is 335 Å². The molecule has 0 bridgehead atoms. The molecule has 0 saturated carbocycles. The summed E-state index contributed by atoms with van der Waals surface area (Å²) in [7, 11) is 0. The highest BCUT2D eigenvalue weighted by Crippen LogP contribution is 2.19. The fourth-order valence-electron chi connectivity index (χ4n) is 5.85. The van der Waals surface area contributed by atoms with E-state index in [-0.39, 0.29) is 31.4 Å². The zero-order chi connectivity index (χ0) is 41.0. The number of H-pyrrole nitrogens is 1. The third-order valence-electron chi connectivity index (χ3n) is 9.00. The zero-order valence-corrected chi connectivity index (χ0v) is 33.4. The van der Waals surface area contributed by atoms with Crippen molar-refractivity contribution in [1.82, 2.24) is 31.6 Å². The number of benzene rings is 2. The van der Waals surface area contributed by atoms with E-state index >= 15 is 0 Å². The molecule has 13 N–H and O–H groups in total. The van der Waals surface area contributed by atoms with Gasteiger partial charge in [-0.3, -0.25) is 28.8 Å². The molecule has 0 unspecified atom stereocenters. The number of unbranched alkanes of at least 4 members (excludes halogenated alkanes) is 1. The van der Waals surface area contributed by atoms with Crippen LogP contribution >= 0.6 is 23.5 Å². The lowest BCUT2D eigenvalue weighted by molar-refractivity contribution is -0.134. The maximum absolute atomic E-state index is 14.0. The smallest absolute Gasteiger partial charge is 0.243 e. The molecule has 0 spiro atoms. The van der Waals surface area contributed by atoms with Crippen LogP contribution in [0.5, 0.6) is 5.75 Å². The second kappa shape index (κ2) is 24.0. The summed E-state index contributed by atoms with van der Waals surface area (Å²) in [5.41, 5.74) is 19.8. The van der Waals surface area contributed by atoms with Crippen LogP contribution < -0.4 is 43.8 Å². The van der Waals surface area contributed by atoms with Crippen molar-refractivity contribution in [2.45, 2.75) is 75.2 Å². The fraction of sp³-hybridized carbons (Fsp3) is 0.474. The first-order chi connectivity index (χ1) is 26.9. The van der Waals surface area contributed by atoms with Crippen molar-refractivity contribution >= 4 is 69.9 Å². The second-order valence-electron chi connectivity index (χ2n) is 13.3. The van der Waals surface area contributed by atoms with E-state index in [4.69, 9.17) is 17.2 Å². The number of thioether (sulfide) groups is 2. The van der Waals surface area contributed by atoms with Crippen molar-refractivity contribution in [3.05, 3.63) is 65.9 Å². The number of rotatable bonds is 25. The number of nitrogens with one attached hydrogen (secondary N) is 6. The molecule has 0 saturated heterocycles. The van der Waals surface area contributed by atoms with Crippen molar-refractivity contribution < 1.29 is 33.9 Å². The molecule has 0 aliphatic carbocycles. The molecule has 18 heteroatoms. The summed E-state index contributed by atoms with van der Waals surface area (Å²) in [5.74, 6) is -2.77. The van der Waals surface area contributed by atoms with E-state index in [0.717, 1.165) is 16.5 Å². The SMILES string of the molecule is CSCC[C@H](NC(=O)[C@H](Cc1ccc(O)cc1)NC(=O)[C@H](CCCCN)NC(=O)[C@@H](N)Cc1c[nH]c2ccccc12)C(=O)NCC(=O)N[C@H](CCSC)C(N)=O. The Morgan fingerprint density at radius 2 is 1.34 bits per heavy atom. The molecule has 306 valence electrons. The van der Waals surface area contributed by atoms with Crippen LogP contribution in [0.3, 0.4) is 0 Å². The first-order valence-corrected chi connectivity index (χ1v) is 21.2. The quantitative estimate of drug-likeness (QED) is 0.0515. The van der Waals surface area contributed by atoms with E-state index in [1.807, 2.05) is 36.8 Å². The number of aromatic hydroxyl groups is 1. The number of hydrogen-bond acceptors (Lipinski definition) is 11. The average molecular weight is 814 g/mol. The van der Waals surface area contributed by atoms with Gasteiger partial charge in [0, 0.05) is 23.5 Å². The fourth-order valence-corrected chi connectivity index (χ4v) is 6.80. The number of aromatic amines is 1. The molecular weight excluding hydrogens is 759 g/mol. The monoisotopic (exact) mass is 813 g/mol. The van der Waals surface area contributed by atoms with Crippen LogP contribution in [0.2, 0.25) is 0 Å². The molecular formula is C38H55N9O7S2. The topological polar surface area (TPSA) is 277 Å². The number of carbonyl (C=O) groups excluding carboxylic acids is 6. The maximum Gasteiger partial charge on any atom is 0.243 e. The molecule has 0 fully saturated rings. The molecule has 5 atom stereocenters. The third-order valence-corrected chi connectivity index (χ3v) is 10.3. The van der Waals surface area contributed by atoms with Crippen LogP contribution in [0.15, 0.2) is 54.7 Å². The Morgan fingerprint density at radius 1 is 0.732 bits per heavy atom. The van der Waals surface area contributed by atoms with Crippen LogP contribution in [0, 0.1) is 0 Å². The van der Waals surface area contributed by atoms with Gasteiger partial charge in [0.1, 0.15) is 29.9 Å². The Morgan fingerprint density at radius 3 is 2.00 bits per heavy atom. The van der Waals surface area contributed by atoms with Gasteiger partial charge in [0.05, 0.1) is 12.6 Å². The van der Waals surface area contributed by atoms with Gasteiger partial charge in [-0.05, 0) is 98.4 Å². The molecule has 0 aliphatic heterocycles. The Bertz CT molecular complexity index is 1760. The molecule has 56 heavy (non-hydrogen) atoms. The standard InChI is InChI=1S/C38H55N9O7S2/c1-55-17-14-29(34(41)50)44-33(49)22-43-36(52)31(15-18-56-2)46-38(54)32(19-23-10-12-25(48)13-11-23)47-37(53)30(9-5-6-16-39)45-35(51)27(40)20-24-21-42-28-8-4-3-7-26(24)28/h3-4,7-8,10-13,21,27,29-32,42,48H,5-6,9,14-20,22,39-40H2,1-2H3,(H2,41,50)(H,43,52)(H,44,49)(H,45,51)(H,46,54)(H,47,53)/t27-,29+,30-,31-,32-/m0/s1. The number of phenols is 1. The van der Waals surface area contributed by atoms with E-state index in [9.17, 15) is 33.9 Å². The van der Waals surface area contributed by atoms with Gasteiger partial charge in [0.25, 0.3) is 0 Å². The van der Waals surface area contributed by atoms with Gasteiger partial charge in [0.2, 0.25) is 35.4 Å². The summed E-state index contributed by atoms with van der Waals surface area (Å²) >= 11 is 2.93. The summed E-state index contributed by atoms with van der Waals surface area (Å²) in [6, 6.07) is 8.46. The Hall–Kier alpha value is -4.78. The summed E-state index contributed by atoms with van der Waals surface area (Å²) < 4.78 is 0. The van der Waals surface area contributed by atoms with Crippen LogP contribution in [-0.2, 0) is 41.6 Å². The third kappa shape index (κ3) is 15.0. The van der Waals surface area contributed by atoms with Gasteiger partial charge in [-0.2, -0.15) is 23.5 Å². The van der Waals surface area contributed by atoms with E-state index in [0.29, 0.717) is 42.9 Å². The van der Waals surface area contributed by atoms with E-state index in [2.05, 4.69) is 31.6 Å². The van der Waals surface area contributed by atoms with E-state index in [1.165, 1.54) is 35.7 Å². The minimum Gasteiger partial charge on any atom is -0.508 e. The molecule has 3 aromatic rings. The lowest BCUT2D eigenvalue weighted by Gasteiger charge is -2.26. The van der Waals surface area contributed by atoms with Crippen molar-refractivity contribution in [2.75, 3.05) is 37.1 Å². The summed E-state index contributed by atoms with van der Waals surface area (Å²) in [6.45, 7) is -0.0903. The number of nitrogens with two attached hydrogens (primary N) is 3. The van der Waals surface area contributed by atoms with Crippen LogP contribution in [0.4, 0.5) is 0 Å². The van der Waals surface area contributed by atoms with Crippen molar-refractivity contribution in [1.29, 1.82) is 0 Å². The van der Waals surface area contributed by atoms with E-state index in [1.54, 1.807) is 18.3 Å². The largest absolute Gasteiger partial charge is 0.508 e. The number of amides is 6. The number of aromatic nitrogens is 1. The Kier molecular flexibility index (Phi) is 19.5. The summed E-state index contributed by atoms with van der Waals surface area (Å²) in [4.78, 5) is 82.2. The van der Waals surface area contributed by atoms with Gasteiger partial charge in [-0.15, -0.1) is 0 Å². The zero-order valence-electron chi connectivity index (χ0n) is 31.8. The van der Waals surface area contributed by atoms with Gasteiger partial charge < -0.3 is 53.9 Å². The lowest BCUT2D eigenvalue weighted by atomic mass is 10.0. The van der Waals surface area contributed by atoms with Crippen molar-refractivity contribution in [3.63, 3.8) is 0 Å². The molecule has 0 radical (unpaired) electrons. The summed E-state index contributed by atoms with van der Waals surface area (Å²) in [5, 5.41) is 24.1. The minimum absolute atomic E-state index is 0.00896. The predicted molar refractivity (Wildman–Crippen MR) is 221 cm³/mol. The molecule has 16 nitrogen and oxygen atoms in total. The van der Waals surface area contributed by atoms with Crippen LogP contribution in [0.1, 0.15) is 43.2 Å². The molecule has 2 aromatic carbocycles. The average Bonchev–Trinajstić information content (AvgIpc) is 3.59. The highest BCUT2D eigenvalue weighted by molar-refractivity contribution is 7.98. The van der Waals surface area contributed by atoms with E-state index < -0.39 is 72.2 Å². The first kappa shape index (κ1) is 45.6. The first-order valence-electron chi connectivity index (χ1n) is 18.4. The highest BCUT2D eigenvalue weighted by atomic mass is 32.2. The number of carbonyl (C=O) groups is 6. The van der Waals surface area contributed by atoms with Gasteiger partial charge in [-0.25, -0.2) is 0 Å². The molecule has 0 aliphatic rings. The second-order valence-corrected chi connectivity index (χ2v) is 15.3. The van der Waals surface area contributed by atoms with Crippen molar-refractivity contribution in [3.8, 4) is 5.75 Å². The normalized spacial score (nSPS) is 13.8.